The molecule has 22 heavy (non-hydrogen) atoms. The number of nitrogens with one attached hydrogen (secondary N) is 2. The highest BCUT2D eigenvalue weighted by Crippen LogP contribution is 2.23. The Morgan fingerprint density at radius 2 is 1.64 bits per heavy atom. The second kappa shape index (κ2) is 6.98. The van der Waals surface area contributed by atoms with Gasteiger partial charge in [-0.3, -0.25) is 0 Å². The number of hydrogen-bond acceptors (Lipinski definition) is 2. The number of anilines is 1. The molecule has 0 bridgehead atoms. The van der Waals surface area contributed by atoms with E-state index in [1.165, 1.54) is 5.56 Å². The van der Waals surface area contributed by atoms with Gasteiger partial charge < -0.3 is 15.4 Å². The van der Waals surface area contributed by atoms with E-state index >= 15 is 0 Å². The van der Waals surface area contributed by atoms with Crippen LogP contribution in [0.25, 0.3) is 0 Å². The maximum Gasteiger partial charge on any atom is 0.321 e. The molecule has 2 aromatic rings. The molecule has 0 aliphatic rings. The van der Waals surface area contributed by atoms with Gasteiger partial charge in [-0.15, -0.1) is 0 Å². The maximum absolute atomic E-state index is 11.8. The number of ether oxygens (including phenoxy) is 1. The smallest absolute Gasteiger partial charge is 0.321 e. The van der Waals surface area contributed by atoms with Crippen molar-refractivity contribution in [3.63, 3.8) is 0 Å². The number of urea groups is 1. The summed E-state index contributed by atoms with van der Waals surface area (Å²) in [6.07, 6.45) is 0. The molecule has 2 amide bonds. The summed E-state index contributed by atoms with van der Waals surface area (Å²) in [6.45, 7) is 6.59. The summed E-state index contributed by atoms with van der Waals surface area (Å²) in [6, 6.07) is 16.9. The maximum atomic E-state index is 11.8. The lowest BCUT2D eigenvalue weighted by Crippen LogP contribution is -2.32. The number of carbonyl (C=O) groups is 1. The van der Waals surface area contributed by atoms with Crippen molar-refractivity contribution in [1.29, 1.82) is 0 Å². The van der Waals surface area contributed by atoms with Crippen LogP contribution < -0.4 is 15.4 Å². The summed E-state index contributed by atoms with van der Waals surface area (Å²) in [5, 5.41) is 5.43. The Kier molecular flexibility index (Phi) is 5.04. The van der Waals surface area contributed by atoms with Gasteiger partial charge in [0.05, 0.1) is 0 Å². The molecule has 0 radical (unpaired) electrons. The van der Waals surface area contributed by atoms with E-state index < -0.39 is 0 Å². The molecule has 0 aliphatic heterocycles. The van der Waals surface area contributed by atoms with Gasteiger partial charge in [0.15, 0.2) is 6.73 Å². The van der Waals surface area contributed by atoms with Crippen molar-refractivity contribution in [3.05, 3.63) is 60.2 Å². The van der Waals surface area contributed by atoms with Crippen molar-refractivity contribution in [2.24, 2.45) is 0 Å². The van der Waals surface area contributed by atoms with Crippen molar-refractivity contribution in [1.82, 2.24) is 5.32 Å². The van der Waals surface area contributed by atoms with Crippen molar-refractivity contribution >= 4 is 11.7 Å². The highest BCUT2D eigenvalue weighted by molar-refractivity contribution is 5.89. The average molecular weight is 298 g/mol. The molecule has 0 aliphatic carbocycles. The third-order valence-electron chi connectivity index (χ3n) is 3.22. The van der Waals surface area contributed by atoms with E-state index in [1.807, 2.05) is 54.6 Å². The first-order valence-corrected chi connectivity index (χ1v) is 7.28. The highest BCUT2D eigenvalue weighted by atomic mass is 16.5. The Morgan fingerprint density at radius 1 is 1.00 bits per heavy atom. The first-order chi connectivity index (χ1) is 10.4. The molecule has 4 heteroatoms. The zero-order valence-corrected chi connectivity index (χ0v) is 13.2. The Balaban J connectivity index is 1.79. The van der Waals surface area contributed by atoms with Gasteiger partial charge in [0.25, 0.3) is 0 Å². The summed E-state index contributed by atoms with van der Waals surface area (Å²) in [5.41, 5.74) is 2.08. The second-order valence-electron chi connectivity index (χ2n) is 6.06. The number of para-hydroxylation sites is 1. The predicted octanol–water partition coefficient (Wildman–Crippen LogP) is 4.14. The monoisotopic (exact) mass is 298 g/mol. The average Bonchev–Trinajstić information content (AvgIpc) is 2.48. The SMILES string of the molecule is CC(C)(C)c1ccc(NC(=O)NCOc2ccccc2)cc1. The Morgan fingerprint density at radius 3 is 2.23 bits per heavy atom. The number of carbonyl (C=O) groups excluding carboxylic acids is 1. The molecule has 0 unspecified atom stereocenters. The Bertz CT molecular complexity index is 601. The van der Waals surface area contributed by atoms with Gasteiger partial charge in [0, 0.05) is 5.69 Å². The zero-order chi connectivity index (χ0) is 16.0. The van der Waals surface area contributed by atoms with Gasteiger partial charge in [0.1, 0.15) is 5.75 Å². The molecule has 2 N–H and O–H groups in total. The van der Waals surface area contributed by atoms with Gasteiger partial charge >= 0.3 is 6.03 Å². The van der Waals surface area contributed by atoms with Crippen LogP contribution >= 0.6 is 0 Å². The Hall–Kier alpha value is -2.49. The van der Waals surface area contributed by atoms with Crippen LogP contribution in [0.15, 0.2) is 54.6 Å². The molecule has 4 nitrogen and oxygen atoms in total. The largest absolute Gasteiger partial charge is 0.473 e. The fourth-order valence-electron chi connectivity index (χ4n) is 1.93. The standard InChI is InChI=1S/C18H22N2O2/c1-18(2,3)14-9-11-15(12-10-14)20-17(21)19-13-22-16-7-5-4-6-8-16/h4-12H,13H2,1-3H3,(H2,19,20,21). The van der Waals surface area contributed by atoms with E-state index in [2.05, 4.69) is 31.4 Å². The van der Waals surface area contributed by atoms with Crippen LogP contribution in [-0.2, 0) is 5.41 Å². The quantitative estimate of drug-likeness (QED) is 0.833. The van der Waals surface area contributed by atoms with E-state index in [9.17, 15) is 4.79 Å². The van der Waals surface area contributed by atoms with Crippen molar-refractivity contribution in [2.45, 2.75) is 26.2 Å². The van der Waals surface area contributed by atoms with Crippen LogP contribution in [0.4, 0.5) is 10.5 Å². The van der Waals surface area contributed by atoms with E-state index in [1.54, 1.807) is 0 Å². The van der Waals surface area contributed by atoms with Gasteiger partial charge in [-0.25, -0.2) is 4.79 Å². The van der Waals surface area contributed by atoms with E-state index in [4.69, 9.17) is 4.74 Å². The number of rotatable bonds is 4. The first-order valence-electron chi connectivity index (χ1n) is 7.28. The van der Waals surface area contributed by atoms with Crippen LogP contribution in [0.5, 0.6) is 5.75 Å². The molecular formula is C18H22N2O2. The molecule has 0 saturated carbocycles. The number of amides is 2. The van der Waals surface area contributed by atoms with Crippen LogP contribution in [0.3, 0.4) is 0 Å². The minimum absolute atomic E-state index is 0.102. The summed E-state index contributed by atoms with van der Waals surface area (Å²) in [7, 11) is 0. The molecule has 0 heterocycles. The van der Waals surface area contributed by atoms with Crippen LogP contribution in [0, 0.1) is 0 Å². The van der Waals surface area contributed by atoms with E-state index in [0.29, 0.717) is 0 Å². The number of hydrogen-bond donors (Lipinski definition) is 2. The van der Waals surface area contributed by atoms with Crippen molar-refractivity contribution in [2.75, 3.05) is 12.0 Å². The minimum Gasteiger partial charge on any atom is -0.473 e. The lowest BCUT2D eigenvalue weighted by Gasteiger charge is -2.19. The highest BCUT2D eigenvalue weighted by Gasteiger charge is 2.13. The first kappa shape index (κ1) is 15.9. The van der Waals surface area contributed by atoms with Crippen molar-refractivity contribution in [3.8, 4) is 5.75 Å². The molecular weight excluding hydrogens is 276 g/mol. The fraction of sp³-hybridized carbons (Fsp3) is 0.278. The molecule has 0 aromatic heterocycles. The lowest BCUT2D eigenvalue weighted by molar-refractivity contribution is 0.234. The van der Waals surface area contributed by atoms with Gasteiger partial charge in [-0.05, 0) is 35.2 Å². The molecule has 2 rings (SSSR count). The summed E-state index contributed by atoms with van der Waals surface area (Å²) in [5.74, 6) is 0.720. The topological polar surface area (TPSA) is 50.4 Å². The van der Waals surface area contributed by atoms with Crippen LogP contribution in [-0.4, -0.2) is 12.8 Å². The molecule has 2 aromatic carbocycles. The molecule has 0 spiro atoms. The normalized spacial score (nSPS) is 10.9. The van der Waals surface area contributed by atoms with Crippen LogP contribution in [0.1, 0.15) is 26.3 Å². The van der Waals surface area contributed by atoms with Crippen LogP contribution in [0.2, 0.25) is 0 Å². The summed E-state index contributed by atoms with van der Waals surface area (Å²) < 4.78 is 5.41. The summed E-state index contributed by atoms with van der Waals surface area (Å²) in [4.78, 5) is 11.8. The van der Waals surface area contributed by atoms with Gasteiger partial charge in [0.2, 0.25) is 0 Å². The molecule has 0 atom stereocenters. The molecule has 116 valence electrons. The van der Waals surface area contributed by atoms with Gasteiger partial charge in [-0.1, -0.05) is 51.1 Å². The third kappa shape index (κ3) is 4.81. The fourth-order valence-corrected chi connectivity index (χ4v) is 1.93. The van der Waals surface area contributed by atoms with E-state index in [-0.39, 0.29) is 18.2 Å². The molecule has 0 fully saturated rings. The number of benzene rings is 2. The second-order valence-corrected chi connectivity index (χ2v) is 6.06. The van der Waals surface area contributed by atoms with E-state index in [0.717, 1.165) is 11.4 Å². The third-order valence-corrected chi connectivity index (χ3v) is 3.22. The minimum atomic E-state index is -0.292. The van der Waals surface area contributed by atoms with Crippen molar-refractivity contribution < 1.29 is 9.53 Å². The van der Waals surface area contributed by atoms with Gasteiger partial charge in [-0.2, -0.15) is 0 Å². The zero-order valence-electron chi connectivity index (χ0n) is 13.2. The predicted molar refractivity (Wildman–Crippen MR) is 89.2 cm³/mol. The lowest BCUT2D eigenvalue weighted by atomic mass is 9.87. The molecule has 0 saturated heterocycles. The summed E-state index contributed by atoms with van der Waals surface area (Å²) >= 11 is 0. The Labute approximate surface area is 131 Å².